The van der Waals surface area contributed by atoms with Gasteiger partial charge < -0.3 is 14.9 Å². The van der Waals surface area contributed by atoms with Crippen LogP contribution in [0, 0.1) is 27.7 Å². The molecule has 0 aliphatic carbocycles. The van der Waals surface area contributed by atoms with Gasteiger partial charge >= 0.3 is 5.97 Å². The smallest absolute Gasteiger partial charge is 0.317 e. The summed E-state index contributed by atoms with van der Waals surface area (Å²) in [7, 11) is 1.36. The maximum absolute atomic E-state index is 12.4. The summed E-state index contributed by atoms with van der Waals surface area (Å²) >= 11 is 0. The van der Waals surface area contributed by atoms with Gasteiger partial charge in [0.2, 0.25) is 0 Å². The highest BCUT2D eigenvalue weighted by atomic mass is 16.5. The van der Waals surface area contributed by atoms with Gasteiger partial charge in [-0.3, -0.25) is 4.79 Å². The fourth-order valence-corrected chi connectivity index (χ4v) is 2.89. The fraction of sp³-hybridized carbons (Fsp3) is 0.316. The van der Waals surface area contributed by atoms with Crippen molar-refractivity contribution in [3.8, 4) is 11.5 Å². The van der Waals surface area contributed by atoms with Gasteiger partial charge in [0.15, 0.2) is 0 Å². The van der Waals surface area contributed by atoms with Gasteiger partial charge in [-0.15, -0.1) is 0 Å². The number of hydrogen-bond donors (Lipinski definition) is 2. The number of carbonyl (C=O) groups is 1. The Labute approximate surface area is 136 Å². The number of carbonyl (C=O) groups excluding carboxylic acids is 1. The van der Waals surface area contributed by atoms with Crippen molar-refractivity contribution in [1.82, 2.24) is 0 Å². The SMILES string of the molecule is COC(=O)C(c1cc(C)c(O)c(C)c1)c1cc(C)c(O)c(C)c1. The summed E-state index contributed by atoms with van der Waals surface area (Å²) < 4.78 is 4.98. The van der Waals surface area contributed by atoms with Crippen molar-refractivity contribution in [1.29, 1.82) is 0 Å². The van der Waals surface area contributed by atoms with Crippen LogP contribution in [0.3, 0.4) is 0 Å². The minimum atomic E-state index is -0.601. The van der Waals surface area contributed by atoms with Crippen molar-refractivity contribution in [3.05, 3.63) is 57.6 Å². The van der Waals surface area contributed by atoms with Gasteiger partial charge in [0, 0.05) is 0 Å². The second-order valence-electron chi connectivity index (χ2n) is 5.96. The Bertz CT molecular complexity index is 658. The van der Waals surface area contributed by atoms with Crippen molar-refractivity contribution < 1.29 is 19.7 Å². The van der Waals surface area contributed by atoms with E-state index < -0.39 is 5.92 Å². The van der Waals surface area contributed by atoms with Gasteiger partial charge in [-0.1, -0.05) is 24.3 Å². The average Bonchev–Trinajstić information content (AvgIpc) is 2.50. The number of rotatable bonds is 3. The molecule has 0 spiro atoms. The third-order valence-electron chi connectivity index (χ3n) is 4.13. The van der Waals surface area contributed by atoms with E-state index in [1.54, 1.807) is 52.0 Å². The number of aryl methyl sites for hydroxylation is 4. The summed E-state index contributed by atoms with van der Waals surface area (Å²) in [6, 6.07) is 7.17. The zero-order chi connectivity index (χ0) is 17.3. The number of phenols is 2. The number of ether oxygens (including phenoxy) is 1. The topological polar surface area (TPSA) is 66.8 Å². The maximum atomic E-state index is 12.4. The van der Waals surface area contributed by atoms with Crippen molar-refractivity contribution in [2.75, 3.05) is 7.11 Å². The van der Waals surface area contributed by atoms with E-state index in [0.717, 1.165) is 11.1 Å². The van der Waals surface area contributed by atoms with Gasteiger partial charge in [-0.25, -0.2) is 0 Å². The molecule has 4 nitrogen and oxygen atoms in total. The predicted octanol–water partition coefficient (Wildman–Crippen LogP) is 3.64. The molecule has 4 heteroatoms. The molecule has 0 atom stereocenters. The fourth-order valence-electron chi connectivity index (χ4n) is 2.89. The van der Waals surface area contributed by atoms with Crippen molar-refractivity contribution in [2.45, 2.75) is 33.6 Å². The summed E-state index contributed by atoms with van der Waals surface area (Å²) in [6.45, 7) is 7.20. The lowest BCUT2D eigenvalue weighted by Crippen LogP contribution is -2.16. The zero-order valence-electron chi connectivity index (χ0n) is 14.1. The van der Waals surface area contributed by atoms with E-state index in [-0.39, 0.29) is 17.5 Å². The molecule has 122 valence electrons. The lowest BCUT2D eigenvalue weighted by atomic mass is 9.87. The van der Waals surface area contributed by atoms with E-state index in [4.69, 9.17) is 4.74 Å². The Kier molecular flexibility index (Phi) is 4.64. The molecule has 23 heavy (non-hydrogen) atoms. The Morgan fingerprint density at radius 2 is 1.13 bits per heavy atom. The van der Waals surface area contributed by atoms with Crippen molar-refractivity contribution in [3.63, 3.8) is 0 Å². The molecule has 0 aliphatic heterocycles. The summed E-state index contributed by atoms with van der Waals surface area (Å²) in [6.07, 6.45) is 0. The summed E-state index contributed by atoms with van der Waals surface area (Å²) in [5, 5.41) is 19.9. The van der Waals surface area contributed by atoms with Crippen molar-refractivity contribution >= 4 is 5.97 Å². The lowest BCUT2D eigenvalue weighted by molar-refractivity contribution is -0.141. The maximum Gasteiger partial charge on any atom is 0.317 e. The highest BCUT2D eigenvalue weighted by Crippen LogP contribution is 2.34. The van der Waals surface area contributed by atoms with Crippen LogP contribution in [0.2, 0.25) is 0 Å². The van der Waals surface area contributed by atoms with Crippen LogP contribution in [-0.4, -0.2) is 23.3 Å². The van der Waals surface area contributed by atoms with E-state index >= 15 is 0 Å². The summed E-state index contributed by atoms with van der Waals surface area (Å²) in [5.41, 5.74) is 4.35. The molecule has 0 saturated heterocycles. The molecule has 2 aromatic rings. The molecule has 0 bridgehead atoms. The Hall–Kier alpha value is -2.49. The normalized spacial score (nSPS) is 10.9. The van der Waals surface area contributed by atoms with Gasteiger partial charge in [0.1, 0.15) is 17.4 Å². The molecule has 0 heterocycles. The van der Waals surface area contributed by atoms with E-state index in [9.17, 15) is 15.0 Å². The first-order valence-corrected chi connectivity index (χ1v) is 7.44. The number of hydrogen-bond acceptors (Lipinski definition) is 4. The molecule has 0 radical (unpaired) electrons. The minimum absolute atomic E-state index is 0.232. The van der Waals surface area contributed by atoms with E-state index in [0.29, 0.717) is 22.3 Å². The number of phenolic OH excluding ortho intramolecular Hbond substituents is 2. The summed E-state index contributed by atoms with van der Waals surface area (Å²) in [4.78, 5) is 12.4. The molecule has 0 unspecified atom stereocenters. The molecule has 2 aromatic carbocycles. The van der Waals surface area contributed by atoms with Crippen LogP contribution in [0.25, 0.3) is 0 Å². The molecule has 0 fully saturated rings. The lowest BCUT2D eigenvalue weighted by Gasteiger charge is -2.19. The van der Waals surface area contributed by atoms with Crippen LogP contribution in [-0.2, 0) is 9.53 Å². The van der Waals surface area contributed by atoms with Gasteiger partial charge in [-0.2, -0.15) is 0 Å². The van der Waals surface area contributed by atoms with Crippen LogP contribution in [0.1, 0.15) is 39.3 Å². The molecule has 0 aliphatic rings. The molecule has 0 saturated carbocycles. The first-order chi connectivity index (χ1) is 10.8. The van der Waals surface area contributed by atoms with Crippen molar-refractivity contribution in [2.24, 2.45) is 0 Å². The zero-order valence-corrected chi connectivity index (χ0v) is 14.1. The highest BCUT2D eigenvalue weighted by Gasteiger charge is 2.26. The van der Waals surface area contributed by atoms with Crippen LogP contribution in [0.4, 0.5) is 0 Å². The number of benzene rings is 2. The predicted molar refractivity (Wildman–Crippen MR) is 89.0 cm³/mol. The molecule has 0 amide bonds. The molecule has 2 rings (SSSR count). The Morgan fingerprint density at radius 1 is 0.826 bits per heavy atom. The highest BCUT2D eigenvalue weighted by molar-refractivity contribution is 5.82. The molecular formula is C19H22O4. The van der Waals surface area contributed by atoms with E-state index in [2.05, 4.69) is 0 Å². The second kappa shape index (κ2) is 6.32. The van der Waals surface area contributed by atoms with Gasteiger partial charge in [0.05, 0.1) is 7.11 Å². The number of esters is 1. The number of aromatic hydroxyl groups is 2. The van der Waals surface area contributed by atoms with Gasteiger partial charge in [0.25, 0.3) is 0 Å². The average molecular weight is 314 g/mol. The molecule has 0 aromatic heterocycles. The molecule has 2 N–H and O–H groups in total. The third-order valence-corrected chi connectivity index (χ3v) is 4.13. The standard InChI is InChI=1S/C19H22O4/c1-10-6-14(7-11(2)17(10)20)16(19(22)23-5)15-8-12(3)18(21)13(4)9-15/h6-9,16,20-21H,1-5H3. The number of methoxy groups -OCH3 is 1. The van der Waals surface area contributed by atoms with E-state index in [1.165, 1.54) is 7.11 Å². The Morgan fingerprint density at radius 3 is 1.39 bits per heavy atom. The second-order valence-corrected chi connectivity index (χ2v) is 5.96. The van der Waals surface area contributed by atoms with E-state index in [1.807, 2.05) is 0 Å². The Balaban J connectivity index is 2.66. The van der Waals surface area contributed by atoms with Crippen LogP contribution < -0.4 is 0 Å². The summed E-state index contributed by atoms with van der Waals surface area (Å²) in [5.74, 6) is -0.513. The first-order valence-electron chi connectivity index (χ1n) is 7.44. The quantitative estimate of drug-likeness (QED) is 0.849. The largest absolute Gasteiger partial charge is 0.507 e. The van der Waals surface area contributed by atoms with Crippen LogP contribution in [0.5, 0.6) is 11.5 Å². The van der Waals surface area contributed by atoms with Crippen LogP contribution >= 0.6 is 0 Å². The molecular weight excluding hydrogens is 292 g/mol. The van der Waals surface area contributed by atoms with Crippen LogP contribution in [0.15, 0.2) is 24.3 Å². The monoisotopic (exact) mass is 314 g/mol. The third kappa shape index (κ3) is 3.16. The van der Waals surface area contributed by atoms with Gasteiger partial charge in [-0.05, 0) is 61.1 Å². The minimum Gasteiger partial charge on any atom is -0.507 e. The first kappa shape index (κ1) is 16.9.